The van der Waals surface area contributed by atoms with E-state index in [4.69, 9.17) is 5.11 Å². The number of fused-ring (bicyclic) bond motifs is 1. The minimum absolute atomic E-state index is 0.147. The summed E-state index contributed by atoms with van der Waals surface area (Å²) in [7, 11) is 0. The lowest BCUT2D eigenvalue weighted by Crippen LogP contribution is -2.35. The van der Waals surface area contributed by atoms with Crippen LogP contribution in [0.25, 0.3) is 10.9 Å². The highest BCUT2D eigenvalue weighted by Gasteiger charge is 2.22. The van der Waals surface area contributed by atoms with E-state index in [9.17, 15) is 0 Å². The number of benzene rings is 1. The van der Waals surface area contributed by atoms with Crippen LogP contribution in [0.2, 0.25) is 0 Å². The quantitative estimate of drug-likeness (QED) is 0.850. The van der Waals surface area contributed by atoms with Gasteiger partial charge in [0.2, 0.25) is 0 Å². The summed E-state index contributed by atoms with van der Waals surface area (Å²) >= 11 is 0. The highest BCUT2D eigenvalue weighted by molar-refractivity contribution is 5.88. The van der Waals surface area contributed by atoms with E-state index in [1.165, 1.54) is 0 Å². The molecule has 0 aliphatic carbocycles. The first-order chi connectivity index (χ1) is 8.68. The SMILES string of the molecule is CCC(C)(CCO)Nc1ncnc2ccccc12. The van der Waals surface area contributed by atoms with E-state index in [1.807, 2.05) is 24.3 Å². The molecule has 0 radical (unpaired) electrons. The van der Waals surface area contributed by atoms with Crippen molar-refractivity contribution in [2.24, 2.45) is 0 Å². The maximum atomic E-state index is 9.15. The smallest absolute Gasteiger partial charge is 0.137 e. The lowest BCUT2D eigenvalue weighted by molar-refractivity contribution is 0.252. The first-order valence-corrected chi connectivity index (χ1v) is 6.27. The van der Waals surface area contributed by atoms with Crippen LogP contribution in [0.4, 0.5) is 5.82 Å². The van der Waals surface area contributed by atoms with E-state index in [2.05, 4.69) is 29.1 Å². The second-order valence-electron chi connectivity index (χ2n) is 4.75. The molecule has 18 heavy (non-hydrogen) atoms. The van der Waals surface area contributed by atoms with Crippen molar-refractivity contribution in [3.63, 3.8) is 0 Å². The second-order valence-corrected chi connectivity index (χ2v) is 4.75. The zero-order chi connectivity index (χ0) is 13.0. The summed E-state index contributed by atoms with van der Waals surface area (Å²) in [6.45, 7) is 4.37. The van der Waals surface area contributed by atoms with Gasteiger partial charge in [0.1, 0.15) is 12.1 Å². The van der Waals surface area contributed by atoms with Crippen LogP contribution in [-0.4, -0.2) is 27.2 Å². The van der Waals surface area contributed by atoms with Gasteiger partial charge in [0, 0.05) is 17.5 Å². The van der Waals surface area contributed by atoms with Crippen LogP contribution < -0.4 is 5.32 Å². The summed E-state index contributed by atoms with van der Waals surface area (Å²) in [6.07, 6.45) is 3.19. The van der Waals surface area contributed by atoms with Crippen LogP contribution in [-0.2, 0) is 0 Å². The van der Waals surface area contributed by atoms with Gasteiger partial charge in [0.15, 0.2) is 0 Å². The number of aromatic nitrogens is 2. The van der Waals surface area contributed by atoms with E-state index < -0.39 is 0 Å². The average Bonchev–Trinajstić information content (AvgIpc) is 2.39. The Morgan fingerprint density at radius 3 is 2.78 bits per heavy atom. The molecule has 4 heteroatoms. The van der Waals surface area contributed by atoms with Crippen molar-refractivity contribution in [3.8, 4) is 0 Å². The molecular weight excluding hydrogens is 226 g/mol. The Kier molecular flexibility index (Phi) is 3.77. The zero-order valence-corrected chi connectivity index (χ0v) is 10.8. The first kappa shape index (κ1) is 12.8. The summed E-state index contributed by atoms with van der Waals surface area (Å²) in [5, 5.41) is 13.6. The lowest BCUT2D eigenvalue weighted by atomic mass is 9.95. The van der Waals surface area contributed by atoms with E-state index in [1.54, 1.807) is 6.33 Å². The standard InChI is InChI=1S/C14H19N3O/c1-3-14(2,8-9-18)17-13-11-6-4-5-7-12(11)15-10-16-13/h4-7,10,18H,3,8-9H2,1-2H3,(H,15,16,17). The molecule has 2 rings (SSSR count). The molecule has 0 aliphatic heterocycles. The van der Waals surface area contributed by atoms with Crippen LogP contribution in [0.1, 0.15) is 26.7 Å². The van der Waals surface area contributed by atoms with Gasteiger partial charge in [-0.15, -0.1) is 0 Å². The number of hydrogen-bond acceptors (Lipinski definition) is 4. The van der Waals surface area contributed by atoms with E-state index >= 15 is 0 Å². The van der Waals surface area contributed by atoms with Crippen molar-refractivity contribution in [2.45, 2.75) is 32.2 Å². The van der Waals surface area contributed by atoms with Crippen LogP contribution >= 0.6 is 0 Å². The summed E-state index contributed by atoms with van der Waals surface area (Å²) in [5.74, 6) is 0.832. The normalized spacial score (nSPS) is 14.4. The summed E-state index contributed by atoms with van der Waals surface area (Å²) in [4.78, 5) is 8.56. The summed E-state index contributed by atoms with van der Waals surface area (Å²) in [6, 6.07) is 7.92. The number of nitrogens with zero attached hydrogens (tertiary/aromatic N) is 2. The number of hydrogen-bond donors (Lipinski definition) is 2. The molecule has 1 heterocycles. The molecule has 2 aromatic rings. The fraction of sp³-hybridized carbons (Fsp3) is 0.429. The van der Waals surface area contributed by atoms with Gasteiger partial charge in [-0.25, -0.2) is 9.97 Å². The number of aliphatic hydroxyl groups is 1. The maximum Gasteiger partial charge on any atom is 0.137 e. The molecule has 0 bridgehead atoms. The molecule has 1 atom stereocenters. The topological polar surface area (TPSA) is 58.0 Å². The zero-order valence-electron chi connectivity index (χ0n) is 10.8. The van der Waals surface area contributed by atoms with Gasteiger partial charge < -0.3 is 10.4 Å². The van der Waals surface area contributed by atoms with Crippen molar-refractivity contribution in [2.75, 3.05) is 11.9 Å². The minimum Gasteiger partial charge on any atom is -0.396 e. The number of aliphatic hydroxyl groups excluding tert-OH is 1. The summed E-state index contributed by atoms with van der Waals surface area (Å²) < 4.78 is 0. The Hall–Kier alpha value is -1.68. The predicted molar refractivity (Wildman–Crippen MR) is 73.6 cm³/mol. The van der Waals surface area contributed by atoms with Crippen molar-refractivity contribution < 1.29 is 5.11 Å². The van der Waals surface area contributed by atoms with Crippen LogP contribution in [0.3, 0.4) is 0 Å². The molecule has 0 spiro atoms. The van der Waals surface area contributed by atoms with Crippen LogP contribution in [0, 0.1) is 0 Å². The second kappa shape index (κ2) is 5.31. The Morgan fingerprint density at radius 2 is 2.06 bits per heavy atom. The molecule has 0 saturated heterocycles. The van der Waals surface area contributed by atoms with Crippen molar-refractivity contribution in [1.82, 2.24) is 9.97 Å². The van der Waals surface area contributed by atoms with Crippen molar-refractivity contribution in [1.29, 1.82) is 0 Å². The van der Waals surface area contributed by atoms with Gasteiger partial charge in [-0.2, -0.15) is 0 Å². The molecular formula is C14H19N3O. The Bertz CT molecular complexity index is 524. The predicted octanol–water partition coefficient (Wildman–Crippen LogP) is 2.59. The number of rotatable bonds is 5. The van der Waals surface area contributed by atoms with Gasteiger partial charge in [-0.1, -0.05) is 19.1 Å². The summed E-state index contributed by atoms with van der Waals surface area (Å²) in [5.41, 5.74) is 0.781. The average molecular weight is 245 g/mol. The number of anilines is 1. The first-order valence-electron chi connectivity index (χ1n) is 6.27. The molecule has 0 aliphatic rings. The van der Waals surface area contributed by atoms with E-state index in [-0.39, 0.29) is 12.1 Å². The fourth-order valence-corrected chi connectivity index (χ4v) is 1.96. The molecule has 96 valence electrons. The molecule has 0 saturated carbocycles. The van der Waals surface area contributed by atoms with Crippen LogP contribution in [0.15, 0.2) is 30.6 Å². The molecule has 4 nitrogen and oxygen atoms in total. The molecule has 2 N–H and O–H groups in total. The van der Waals surface area contributed by atoms with Crippen molar-refractivity contribution >= 4 is 16.7 Å². The number of nitrogens with one attached hydrogen (secondary N) is 1. The molecule has 0 amide bonds. The van der Waals surface area contributed by atoms with Crippen LogP contribution in [0.5, 0.6) is 0 Å². The highest BCUT2D eigenvalue weighted by Crippen LogP contribution is 2.25. The Balaban J connectivity index is 2.36. The minimum atomic E-state index is -0.147. The van der Waals surface area contributed by atoms with Gasteiger partial charge >= 0.3 is 0 Å². The third kappa shape index (κ3) is 2.59. The monoisotopic (exact) mass is 245 g/mol. The lowest BCUT2D eigenvalue weighted by Gasteiger charge is -2.30. The van der Waals surface area contributed by atoms with Gasteiger partial charge in [0.25, 0.3) is 0 Å². The molecule has 1 aromatic heterocycles. The van der Waals surface area contributed by atoms with Gasteiger partial charge in [-0.3, -0.25) is 0 Å². The third-order valence-corrected chi connectivity index (χ3v) is 3.41. The highest BCUT2D eigenvalue weighted by atomic mass is 16.3. The molecule has 0 fully saturated rings. The Morgan fingerprint density at radius 1 is 1.28 bits per heavy atom. The number of para-hydroxylation sites is 1. The largest absolute Gasteiger partial charge is 0.396 e. The third-order valence-electron chi connectivity index (χ3n) is 3.41. The fourth-order valence-electron chi connectivity index (χ4n) is 1.96. The Labute approximate surface area is 107 Å². The van der Waals surface area contributed by atoms with E-state index in [0.717, 1.165) is 23.1 Å². The van der Waals surface area contributed by atoms with Gasteiger partial charge in [-0.05, 0) is 31.9 Å². The van der Waals surface area contributed by atoms with Crippen molar-refractivity contribution in [3.05, 3.63) is 30.6 Å². The van der Waals surface area contributed by atoms with E-state index in [0.29, 0.717) is 6.42 Å². The van der Waals surface area contributed by atoms with Gasteiger partial charge in [0.05, 0.1) is 5.52 Å². The molecule has 1 aromatic carbocycles. The molecule has 1 unspecified atom stereocenters. The maximum absolute atomic E-state index is 9.15.